The molecule has 2 rings (SSSR count). The lowest BCUT2D eigenvalue weighted by Crippen LogP contribution is -2.17. The van der Waals surface area contributed by atoms with Crippen molar-refractivity contribution in [2.24, 2.45) is 0 Å². The van der Waals surface area contributed by atoms with Crippen molar-refractivity contribution in [3.8, 4) is 5.88 Å². The van der Waals surface area contributed by atoms with E-state index >= 15 is 0 Å². The Labute approximate surface area is 67.6 Å². The first-order valence-electron chi connectivity index (χ1n) is 3.42. The van der Waals surface area contributed by atoms with Crippen LogP contribution in [0.1, 0.15) is 0 Å². The maximum atomic E-state index is 11.1. The highest BCUT2D eigenvalue weighted by atomic mass is 16.5. The van der Waals surface area contributed by atoms with Gasteiger partial charge in [0.2, 0.25) is 0 Å². The van der Waals surface area contributed by atoms with Gasteiger partial charge in [-0.2, -0.15) is 0 Å². The normalized spacial score (nSPS) is 10.4. The van der Waals surface area contributed by atoms with Gasteiger partial charge in [0.25, 0.3) is 5.88 Å². The quantitative estimate of drug-likeness (QED) is 0.648. The maximum Gasteiger partial charge on any atom is 0.346 e. The van der Waals surface area contributed by atoms with E-state index in [2.05, 4.69) is 10.2 Å². The Morgan fingerprint density at radius 2 is 2.50 bits per heavy atom. The molecule has 0 saturated carbocycles. The fourth-order valence-electron chi connectivity index (χ4n) is 1.09. The number of rotatable bonds is 1. The van der Waals surface area contributed by atoms with E-state index in [9.17, 15) is 4.79 Å². The van der Waals surface area contributed by atoms with Gasteiger partial charge in [-0.3, -0.25) is 4.40 Å². The monoisotopic (exact) mass is 165 g/mol. The van der Waals surface area contributed by atoms with Gasteiger partial charge in [-0.25, -0.2) is 9.89 Å². The van der Waals surface area contributed by atoms with Gasteiger partial charge >= 0.3 is 5.69 Å². The minimum Gasteiger partial charge on any atom is -0.478 e. The Bertz CT molecular complexity index is 457. The summed E-state index contributed by atoms with van der Waals surface area (Å²) >= 11 is 0. The summed E-state index contributed by atoms with van der Waals surface area (Å²) in [6.45, 7) is 0. The minimum atomic E-state index is -0.268. The van der Waals surface area contributed by atoms with E-state index in [1.54, 1.807) is 18.3 Å². The number of H-pyrrole nitrogens is 1. The summed E-state index contributed by atoms with van der Waals surface area (Å²) < 4.78 is 6.38. The molecule has 0 amide bonds. The van der Waals surface area contributed by atoms with Crippen molar-refractivity contribution < 1.29 is 4.74 Å². The molecule has 62 valence electrons. The SMILES string of the molecule is COc1n[nH]c(=O)n2cccc12. The molecular weight excluding hydrogens is 158 g/mol. The Balaban J connectivity index is 2.92. The number of methoxy groups -OCH3 is 1. The lowest BCUT2D eigenvalue weighted by Gasteiger charge is -1.98. The summed E-state index contributed by atoms with van der Waals surface area (Å²) in [5, 5.41) is 6.03. The van der Waals surface area contributed by atoms with E-state index in [-0.39, 0.29) is 5.69 Å². The van der Waals surface area contributed by atoms with Crippen LogP contribution in [0.2, 0.25) is 0 Å². The molecular formula is C7H7N3O2. The lowest BCUT2D eigenvalue weighted by molar-refractivity contribution is 0.393. The first-order chi connectivity index (χ1) is 5.83. The van der Waals surface area contributed by atoms with Gasteiger partial charge in [0.05, 0.1) is 7.11 Å². The highest BCUT2D eigenvalue weighted by Gasteiger charge is 2.03. The highest BCUT2D eigenvalue weighted by Crippen LogP contribution is 2.12. The van der Waals surface area contributed by atoms with E-state index in [1.165, 1.54) is 11.5 Å². The Hall–Kier alpha value is -1.78. The number of aromatic nitrogens is 3. The van der Waals surface area contributed by atoms with Crippen molar-refractivity contribution >= 4 is 5.52 Å². The summed E-state index contributed by atoms with van der Waals surface area (Å²) in [7, 11) is 1.51. The molecule has 0 saturated heterocycles. The predicted octanol–water partition coefficient (Wildman–Crippen LogP) is 0.0312. The van der Waals surface area contributed by atoms with E-state index in [0.29, 0.717) is 11.4 Å². The number of nitrogens with one attached hydrogen (secondary N) is 1. The van der Waals surface area contributed by atoms with Crippen LogP contribution in [0, 0.1) is 0 Å². The molecule has 2 aromatic heterocycles. The van der Waals surface area contributed by atoms with Crippen LogP contribution in [0.15, 0.2) is 23.1 Å². The number of hydrogen-bond acceptors (Lipinski definition) is 3. The molecule has 2 heterocycles. The fourth-order valence-corrected chi connectivity index (χ4v) is 1.09. The Morgan fingerprint density at radius 1 is 1.67 bits per heavy atom. The zero-order valence-electron chi connectivity index (χ0n) is 6.44. The van der Waals surface area contributed by atoms with Crippen LogP contribution in [0.5, 0.6) is 5.88 Å². The molecule has 5 heteroatoms. The van der Waals surface area contributed by atoms with Crippen molar-refractivity contribution in [3.63, 3.8) is 0 Å². The molecule has 1 N–H and O–H groups in total. The van der Waals surface area contributed by atoms with Crippen molar-refractivity contribution in [1.82, 2.24) is 14.6 Å². The van der Waals surface area contributed by atoms with Gasteiger partial charge in [0.1, 0.15) is 5.52 Å². The average molecular weight is 165 g/mol. The fraction of sp³-hybridized carbons (Fsp3) is 0.143. The Morgan fingerprint density at radius 3 is 3.25 bits per heavy atom. The summed E-state index contributed by atoms with van der Waals surface area (Å²) in [6.07, 6.45) is 1.65. The first-order valence-corrected chi connectivity index (χ1v) is 3.42. The second-order valence-corrected chi connectivity index (χ2v) is 2.30. The van der Waals surface area contributed by atoms with Gasteiger partial charge in [0.15, 0.2) is 0 Å². The molecule has 12 heavy (non-hydrogen) atoms. The molecule has 0 bridgehead atoms. The predicted molar refractivity (Wildman–Crippen MR) is 42.4 cm³/mol. The third-order valence-corrected chi connectivity index (χ3v) is 1.63. The van der Waals surface area contributed by atoms with Crippen molar-refractivity contribution in [2.45, 2.75) is 0 Å². The van der Waals surface area contributed by atoms with Crippen molar-refractivity contribution in [1.29, 1.82) is 0 Å². The number of nitrogens with zero attached hydrogens (tertiary/aromatic N) is 2. The summed E-state index contributed by atoms with van der Waals surface area (Å²) in [6, 6.07) is 3.52. The van der Waals surface area contributed by atoms with Gasteiger partial charge in [-0.1, -0.05) is 0 Å². The summed E-state index contributed by atoms with van der Waals surface area (Å²) in [5.41, 5.74) is 0.400. The molecule has 5 nitrogen and oxygen atoms in total. The van der Waals surface area contributed by atoms with E-state index < -0.39 is 0 Å². The molecule has 2 aromatic rings. The second-order valence-electron chi connectivity index (χ2n) is 2.30. The largest absolute Gasteiger partial charge is 0.478 e. The van der Waals surface area contributed by atoms with Gasteiger partial charge in [0, 0.05) is 6.20 Å². The van der Waals surface area contributed by atoms with Crippen LogP contribution in [-0.2, 0) is 0 Å². The lowest BCUT2D eigenvalue weighted by atomic mass is 10.5. The molecule has 0 aliphatic carbocycles. The molecule has 0 aliphatic heterocycles. The highest BCUT2D eigenvalue weighted by molar-refractivity contribution is 5.55. The first kappa shape index (κ1) is 6.90. The number of aromatic amines is 1. The van der Waals surface area contributed by atoms with Crippen LogP contribution in [0.25, 0.3) is 5.52 Å². The molecule has 0 spiro atoms. The summed E-state index contributed by atoms with van der Waals surface area (Å²) in [4.78, 5) is 11.1. The zero-order chi connectivity index (χ0) is 8.55. The van der Waals surface area contributed by atoms with Crippen LogP contribution < -0.4 is 10.4 Å². The molecule has 0 atom stereocenters. The van der Waals surface area contributed by atoms with Gasteiger partial charge in [-0.15, -0.1) is 5.10 Å². The topological polar surface area (TPSA) is 59.4 Å². The number of fused-ring (bicyclic) bond motifs is 1. The van der Waals surface area contributed by atoms with E-state index in [4.69, 9.17) is 4.74 Å². The van der Waals surface area contributed by atoms with E-state index in [0.717, 1.165) is 0 Å². The van der Waals surface area contributed by atoms with Crippen molar-refractivity contribution in [2.75, 3.05) is 7.11 Å². The van der Waals surface area contributed by atoms with Crippen LogP contribution in [0.3, 0.4) is 0 Å². The number of ether oxygens (including phenoxy) is 1. The minimum absolute atomic E-state index is 0.268. The summed E-state index contributed by atoms with van der Waals surface area (Å²) in [5.74, 6) is 0.416. The second kappa shape index (κ2) is 2.37. The van der Waals surface area contributed by atoms with Crippen LogP contribution >= 0.6 is 0 Å². The third kappa shape index (κ3) is 0.795. The number of hydrogen-bond donors (Lipinski definition) is 1. The molecule has 0 aliphatic rings. The van der Waals surface area contributed by atoms with E-state index in [1.807, 2.05) is 0 Å². The molecule has 0 aromatic carbocycles. The average Bonchev–Trinajstić information content (AvgIpc) is 2.54. The Kier molecular flexibility index (Phi) is 1.36. The van der Waals surface area contributed by atoms with Gasteiger partial charge in [-0.05, 0) is 12.1 Å². The third-order valence-electron chi connectivity index (χ3n) is 1.63. The zero-order valence-corrected chi connectivity index (χ0v) is 6.44. The smallest absolute Gasteiger partial charge is 0.346 e. The van der Waals surface area contributed by atoms with Crippen molar-refractivity contribution in [3.05, 3.63) is 28.8 Å². The standard InChI is InChI=1S/C7H7N3O2/c1-12-6-5-3-2-4-10(5)7(11)9-8-6/h2-4H,1H3,(H,9,11). The maximum absolute atomic E-state index is 11.1. The van der Waals surface area contributed by atoms with Crippen LogP contribution in [-0.4, -0.2) is 21.7 Å². The molecule has 0 unspecified atom stereocenters. The molecule has 0 radical (unpaired) electrons. The van der Waals surface area contributed by atoms with Gasteiger partial charge < -0.3 is 4.74 Å². The molecule has 0 fully saturated rings. The van der Waals surface area contributed by atoms with Crippen LogP contribution in [0.4, 0.5) is 0 Å².